The van der Waals surface area contributed by atoms with Gasteiger partial charge < -0.3 is 9.47 Å². The number of esters is 1. The highest BCUT2D eigenvalue weighted by Gasteiger charge is 2.30. The first-order valence-electron chi connectivity index (χ1n) is 6.92. The van der Waals surface area contributed by atoms with Gasteiger partial charge in [-0.05, 0) is 26.8 Å². The van der Waals surface area contributed by atoms with Crippen LogP contribution in [0.4, 0.5) is 14.5 Å². The quantitative estimate of drug-likeness (QED) is 0.110. The fraction of sp³-hybridized carbons (Fsp3) is 0.333. The Labute approximate surface area is 136 Å². The molecule has 0 bridgehead atoms. The van der Waals surface area contributed by atoms with Gasteiger partial charge in [0.25, 0.3) is 0 Å². The maximum absolute atomic E-state index is 14.3. The van der Waals surface area contributed by atoms with E-state index in [-0.39, 0.29) is 13.2 Å². The maximum Gasteiger partial charge on any atom is 0.345 e. The molecule has 7 nitrogen and oxygen atoms in total. The van der Waals surface area contributed by atoms with Gasteiger partial charge >= 0.3 is 11.7 Å². The molecule has 1 aromatic rings. The highest BCUT2D eigenvalue weighted by atomic mass is 19.1. The summed E-state index contributed by atoms with van der Waals surface area (Å²) in [5, 5.41) is 10.8. The van der Waals surface area contributed by atoms with Gasteiger partial charge in [-0.2, -0.15) is 4.39 Å². The summed E-state index contributed by atoms with van der Waals surface area (Å²) in [5.74, 6) is -4.95. The molecule has 0 saturated carbocycles. The largest absolute Gasteiger partial charge is 0.500 e. The Hall–Kier alpha value is -2.84. The minimum absolute atomic E-state index is 0.0499. The van der Waals surface area contributed by atoms with Crippen molar-refractivity contribution in [2.45, 2.75) is 20.8 Å². The lowest BCUT2D eigenvalue weighted by atomic mass is 10.00. The van der Waals surface area contributed by atoms with Crippen LogP contribution in [0.25, 0.3) is 0 Å². The summed E-state index contributed by atoms with van der Waals surface area (Å²) in [7, 11) is 0. The minimum Gasteiger partial charge on any atom is -0.500 e. The second-order valence-electron chi connectivity index (χ2n) is 4.49. The smallest absolute Gasteiger partial charge is 0.345 e. The van der Waals surface area contributed by atoms with Crippen molar-refractivity contribution in [1.82, 2.24) is 0 Å². The van der Waals surface area contributed by atoms with E-state index in [9.17, 15) is 28.5 Å². The first-order valence-corrected chi connectivity index (χ1v) is 6.92. The molecule has 0 unspecified atom stereocenters. The molecule has 0 fully saturated rings. The van der Waals surface area contributed by atoms with Crippen molar-refractivity contribution in [3.8, 4) is 0 Å². The van der Waals surface area contributed by atoms with E-state index in [2.05, 4.69) is 4.74 Å². The summed E-state index contributed by atoms with van der Waals surface area (Å²) in [6, 6.07) is 0.377. The molecule has 0 saturated heterocycles. The SMILES string of the molecule is CCOC=C(C(=O)OCC)C(=O)c1cc(F)c([N+](=O)[O-])c(C)c1F. The van der Waals surface area contributed by atoms with E-state index in [4.69, 9.17) is 4.74 Å². The zero-order chi connectivity index (χ0) is 18.4. The molecule has 1 aromatic carbocycles. The lowest BCUT2D eigenvalue weighted by molar-refractivity contribution is -0.388. The molecule has 9 heteroatoms. The molecule has 0 heterocycles. The first-order chi connectivity index (χ1) is 11.3. The summed E-state index contributed by atoms with van der Waals surface area (Å²) in [4.78, 5) is 33.8. The fourth-order valence-electron chi connectivity index (χ4n) is 1.85. The van der Waals surface area contributed by atoms with Crippen LogP contribution in [0.1, 0.15) is 29.8 Å². The highest BCUT2D eigenvalue weighted by molar-refractivity contribution is 6.24. The number of benzene rings is 1. The minimum atomic E-state index is -1.39. The lowest BCUT2D eigenvalue weighted by Gasteiger charge is -2.09. The van der Waals surface area contributed by atoms with E-state index in [1.54, 1.807) is 6.92 Å². The number of ether oxygens (including phenoxy) is 2. The molecule has 0 aliphatic rings. The van der Waals surface area contributed by atoms with Gasteiger partial charge in [-0.1, -0.05) is 0 Å². The third kappa shape index (κ3) is 3.92. The molecule has 1 rings (SSSR count). The van der Waals surface area contributed by atoms with Crippen LogP contribution in [0.15, 0.2) is 17.9 Å². The summed E-state index contributed by atoms with van der Waals surface area (Å²) < 4.78 is 37.6. The third-order valence-electron chi connectivity index (χ3n) is 2.95. The molecule has 0 amide bonds. The lowest BCUT2D eigenvalue weighted by Crippen LogP contribution is -2.19. The summed E-state index contributed by atoms with van der Waals surface area (Å²) in [6.07, 6.45) is 0.786. The Kier molecular flexibility index (Phi) is 6.51. The molecule has 130 valence electrons. The molecule has 0 aromatic heterocycles. The van der Waals surface area contributed by atoms with E-state index in [0.717, 1.165) is 13.2 Å². The van der Waals surface area contributed by atoms with Crippen LogP contribution in [-0.4, -0.2) is 29.9 Å². The number of rotatable bonds is 7. The molecule has 0 atom stereocenters. The molecule has 0 spiro atoms. The summed E-state index contributed by atoms with van der Waals surface area (Å²) in [6.45, 7) is 4.11. The second kappa shape index (κ2) is 8.14. The number of ketones is 1. The fourth-order valence-corrected chi connectivity index (χ4v) is 1.85. The van der Waals surface area contributed by atoms with E-state index >= 15 is 0 Å². The van der Waals surface area contributed by atoms with E-state index in [1.165, 1.54) is 6.92 Å². The Morgan fingerprint density at radius 2 is 1.92 bits per heavy atom. The van der Waals surface area contributed by atoms with E-state index in [1.807, 2.05) is 0 Å². The van der Waals surface area contributed by atoms with Crippen molar-refractivity contribution in [1.29, 1.82) is 0 Å². The highest BCUT2D eigenvalue weighted by Crippen LogP contribution is 2.28. The predicted molar refractivity (Wildman–Crippen MR) is 78.4 cm³/mol. The van der Waals surface area contributed by atoms with Crippen molar-refractivity contribution in [3.63, 3.8) is 0 Å². The Morgan fingerprint density at radius 3 is 2.42 bits per heavy atom. The molecule has 0 aliphatic carbocycles. The van der Waals surface area contributed by atoms with Gasteiger partial charge in [0.1, 0.15) is 17.7 Å². The van der Waals surface area contributed by atoms with Crippen molar-refractivity contribution < 1.29 is 32.8 Å². The van der Waals surface area contributed by atoms with Crippen LogP contribution in [0.2, 0.25) is 0 Å². The van der Waals surface area contributed by atoms with Gasteiger partial charge in [0.2, 0.25) is 11.6 Å². The molecule has 0 aliphatic heterocycles. The maximum atomic E-state index is 14.3. The van der Waals surface area contributed by atoms with Crippen LogP contribution in [0, 0.1) is 28.7 Å². The third-order valence-corrected chi connectivity index (χ3v) is 2.95. The Bertz CT molecular complexity index is 714. The van der Waals surface area contributed by atoms with E-state index < -0.39 is 50.7 Å². The zero-order valence-corrected chi connectivity index (χ0v) is 13.2. The number of nitro benzene ring substituents is 1. The number of nitrogens with zero attached hydrogens (tertiary/aromatic N) is 1. The van der Waals surface area contributed by atoms with Crippen LogP contribution in [0.5, 0.6) is 0 Å². The van der Waals surface area contributed by atoms with Crippen LogP contribution >= 0.6 is 0 Å². The van der Waals surface area contributed by atoms with Crippen molar-refractivity contribution in [3.05, 3.63) is 50.8 Å². The first kappa shape index (κ1) is 19.2. The standard InChI is InChI=1S/C15H15F2NO6/c1-4-23-7-10(15(20)24-5-2)14(19)9-6-11(16)13(18(21)22)8(3)12(9)17/h6-7H,4-5H2,1-3H3. The van der Waals surface area contributed by atoms with Gasteiger partial charge in [0, 0.05) is 0 Å². The second-order valence-corrected chi connectivity index (χ2v) is 4.49. The predicted octanol–water partition coefficient (Wildman–Crippen LogP) is 2.85. The average Bonchev–Trinajstić information content (AvgIpc) is 2.51. The van der Waals surface area contributed by atoms with Crippen molar-refractivity contribution in [2.75, 3.05) is 13.2 Å². The molecule has 0 N–H and O–H groups in total. The number of Topliss-reactive ketones (excluding diaryl/α,β-unsaturated/α-hetero) is 1. The molecule has 0 radical (unpaired) electrons. The number of halogens is 2. The Morgan fingerprint density at radius 1 is 1.29 bits per heavy atom. The molecular formula is C15H15F2NO6. The van der Waals surface area contributed by atoms with Gasteiger partial charge in [0.15, 0.2) is 0 Å². The van der Waals surface area contributed by atoms with Gasteiger partial charge in [-0.3, -0.25) is 14.9 Å². The average molecular weight is 343 g/mol. The number of hydrogen-bond donors (Lipinski definition) is 0. The van der Waals surface area contributed by atoms with Crippen LogP contribution in [-0.2, 0) is 14.3 Å². The summed E-state index contributed by atoms with van der Waals surface area (Å²) >= 11 is 0. The number of nitro groups is 1. The van der Waals surface area contributed by atoms with Crippen LogP contribution < -0.4 is 0 Å². The van der Waals surface area contributed by atoms with Crippen LogP contribution in [0.3, 0.4) is 0 Å². The number of carbonyl (C=O) groups is 2. The zero-order valence-electron chi connectivity index (χ0n) is 13.2. The molecule has 24 heavy (non-hydrogen) atoms. The number of hydrogen-bond acceptors (Lipinski definition) is 6. The topological polar surface area (TPSA) is 95.7 Å². The van der Waals surface area contributed by atoms with Gasteiger partial charge in [0.05, 0.1) is 29.3 Å². The van der Waals surface area contributed by atoms with Gasteiger partial charge in [-0.25, -0.2) is 9.18 Å². The molecular weight excluding hydrogens is 328 g/mol. The number of carbonyl (C=O) groups excluding carboxylic acids is 2. The summed E-state index contributed by atoms with van der Waals surface area (Å²) in [5.41, 5.74) is -3.20. The van der Waals surface area contributed by atoms with Crippen molar-refractivity contribution in [2.24, 2.45) is 0 Å². The normalized spacial score (nSPS) is 11.1. The Balaban J connectivity index is 3.44. The monoisotopic (exact) mass is 343 g/mol. The van der Waals surface area contributed by atoms with E-state index in [0.29, 0.717) is 6.07 Å². The van der Waals surface area contributed by atoms with Crippen molar-refractivity contribution >= 4 is 17.4 Å². The van der Waals surface area contributed by atoms with Gasteiger partial charge in [-0.15, -0.1) is 0 Å².